The number of hydrogen-bond acceptors (Lipinski definition) is 3. The van der Waals surface area contributed by atoms with Crippen molar-refractivity contribution < 1.29 is 9.18 Å². The lowest BCUT2D eigenvalue weighted by molar-refractivity contribution is 0.0695. The van der Waals surface area contributed by atoms with Crippen molar-refractivity contribution >= 4 is 17.5 Å². The highest BCUT2D eigenvalue weighted by Gasteiger charge is 2.26. The van der Waals surface area contributed by atoms with E-state index in [2.05, 4.69) is 9.88 Å². The normalized spacial score (nSPS) is 21.3. The van der Waals surface area contributed by atoms with Crippen molar-refractivity contribution in [3.8, 4) is 0 Å². The molecule has 1 aromatic rings. The number of carbonyl (C=O) groups is 1. The van der Waals surface area contributed by atoms with E-state index in [0.29, 0.717) is 6.54 Å². The Hall–Kier alpha value is -1.20. The van der Waals surface area contributed by atoms with Gasteiger partial charge in [-0.25, -0.2) is 9.37 Å². The van der Waals surface area contributed by atoms with Gasteiger partial charge in [-0.05, 0) is 33.0 Å². The molecule has 2 heterocycles. The minimum absolute atomic E-state index is 0.0520. The minimum atomic E-state index is -0.549. The predicted molar refractivity (Wildman–Crippen MR) is 71.8 cm³/mol. The number of nitrogens with zero attached hydrogens (tertiary/aromatic N) is 3. The van der Waals surface area contributed by atoms with Crippen LogP contribution in [0.1, 0.15) is 23.7 Å². The van der Waals surface area contributed by atoms with Gasteiger partial charge in [0.1, 0.15) is 11.0 Å². The molecule has 0 aliphatic carbocycles. The molecule has 2 rings (SSSR count). The van der Waals surface area contributed by atoms with Crippen LogP contribution in [0.15, 0.2) is 12.3 Å². The molecular formula is C13H17ClFN3O. The van der Waals surface area contributed by atoms with E-state index in [0.717, 1.165) is 31.8 Å². The molecule has 1 amide bonds. The van der Waals surface area contributed by atoms with Crippen molar-refractivity contribution in [2.75, 3.05) is 26.7 Å². The summed E-state index contributed by atoms with van der Waals surface area (Å²) >= 11 is 5.89. The molecule has 0 bridgehead atoms. The van der Waals surface area contributed by atoms with Crippen LogP contribution in [-0.2, 0) is 0 Å². The van der Waals surface area contributed by atoms with Gasteiger partial charge in [0.15, 0.2) is 0 Å². The summed E-state index contributed by atoms with van der Waals surface area (Å²) in [4.78, 5) is 20.1. The van der Waals surface area contributed by atoms with Crippen molar-refractivity contribution in [3.63, 3.8) is 0 Å². The Morgan fingerprint density at radius 2 is 2.26 bits per heavy atom. The van der Waals surface area contributed by atoms with E-state index in [1.807, 2.05) is 14.0 Å². The molecule has 0 saturated carbocycles. The Balaban J connectivity index is 2.25. The van der Waals surface area contributed by atoms with E-state index < -0.39 is 5.82 Å². The van der Waals surface area contributed by atoms with Crippen molar-refractivity contribution in [3.05, 3.63) is 28.8 Å². The quantitative estimate of drug-likeness (QED) is 0.741. The summed E-state index contributed by atoms with van der Waals surface area (Å²) in [5.41, 5.74) is 0.137. The first-order chi connectivity index (χ1) is 8.99. The van der Waals surface area contributed by atoms with Crippen LogP contribution < -0.4 is 0 Å². The highest BCUT2D eigenvalue weighted by Crippen LogP contribution is 2.19. The second-order valence-electron chi connectivity index (χ2n) is 4.96. The van der Waals surface area contributed by atoms with E-state index in [-0.39, 0.29) is 22.7 Å². The maximum atomic E-state index is 13.2. The summed E-state index contributed by atoms with van der Waals surface area (Å²) < 4.78 is 13.2. The fraction of sp³-hybridized carbons (Fsp3) is 0.538. The highest BCUT2D eigenvalue weighted by molar-refractivity contribution is 6.32. The molecule has 4 nitrogen and oxygen atoms in total. The van der Waals surface area contributed by atoms with Gasteiger partial charge in [-0.2, -0.15) is 0 Å². The molecule has 1 atom stereocenters. The van der Waals surface area contributed by atoms with Gasteiger partial charge in [-0.15, -0.1) is 0 Å². The third-order valence-electron chi connectivity index (χ3n) is 3.34. The third kappa shape index (κ3) is 3.22. The van der Waals surface area contributed by atoms with E-state index >= 15 is 0 Å². The average molecular weight is 286 g/mol. The Bertz CT molecular complexity index is 483. The van der Waals surface area contributed by atoms with Crippen molar-refractivity contribution in [1.82, 2.24) is 14.8 Å². The van der Waals surface area contributed by atoms with E-state index in [1.54, 1.807) is 4.90 Å². The zero-order chi connectivity index (χ0) is 14.0. The number of aromatic nitrogens is 1. The van der Waals surface area contributed by atoms with Gasteiger partial charge in [0.05, 0.1) is 11.8 Å². The lowest BCUT2D eigenvalue weighted by atomic mass is 10.2. The van der Waals surface area contributed by atoms with Gasteiger partial charge in [0.2, 0.25) is 0 Å². The molecule has 19 heavy (non-hydrogen) atoms. The molecule has 0 spiro atoms. The van der Waals surface area contributed by atoms with E-state index in [4.69, 9.17) is 11.6 Å². The molecule has 1 saturated heterocycles. The van der Waals surface area contributed by atoms with Crippen molar-refractivity contribution in [2.24, 2.45) is 0 Å². The van der Waals surface area contributed by atoms with Gasteiger partial charge < -0.3 is 9.80 Å². The number of pyridine rings is 1. The molecule has 1 unspecified atom stereocenters. The number of carbonyl (C=O) groups excluding carboxylic acids is 1. The van der Waals surface area contributed by atoms with Crippen LogP contribution in [0.2, 0.25) is 5.15 Å². The van der Waals surface area contributed by atoms with Gasteiger partial charge in [0, 0.05) is 19.1 Å². The fourth-order valence-electron chi connectivity index (χ4n) is 2.40. The first kappa shape index (κ1) is 14.2. The number of hydrogen-bond donors (Lipinski definition) is 0. The van der Waals surface area contributed by atoms with Crippen LogP contribution in [0, 0.1) is 5.82 Å². The van der Waals surface area contributed by atoms with Crippen LogP contribution in [0.5, 0.6) is 0 Å². The van der Waals surface area contributed by atoms with Crippen LogP contribution in [0.4, 0.5) is 4.39 Å². The predicted octanol–water partition coefficient (Wildman–Crippen LogP) is 2.04. The Morgan fingerprint density at radius 3 is 3.00 bits per heavy atom. The van der Waals surface area contributed by atoms with Crippen molar-refractivity contribution in [2.45, 2.75) is 19.4 Å². The summed E-state index contributed by atoms with van der Waals surface area (Å²) in [6.07, 6.45) is 1.91. The van der Waals surface area contributed by atoms with Gasteiger partial charge >= 0.3 is 0 Å². The van der Waals surface area contributed by atoms with Crippen LogP contribution in [0.3, 0.4) is 0 Å². The first-order valence-electron chi connectivity index (χ1n) is 6.29. The number of amides is 1. The molecule has 0 N–H and O–H groups in total. The first-order valence-corrected chi connectivity index (χ1v) is 6.67. The largest absolute Gasteiger partial charge is 0.335 e. The van der Waals surface area contributed by atoms with Crippen LogP contribution in [-0.4, -0.2) is 53.4 Å². The Labute approximate surface area is 117 Å². The van der Waals surface area contributed by atoms with Crippen LogP contribution >= 0.6 is 11.6 Å². The lowest BCUT2D eigenvalue weighted by Gasteiger charge is -2.28. The maximum absolute atomic E-state index is 13.2. The summed E-state index contributed by atoms with van der Waals surface area (Å²) in [7, 11) is 2.03. The van der Waals surface area contributed by atoms with E-state index in [1.165, 1.54) is 0 Å². The molecule has 6 heteroatoms. The Kier molecular flexibility index (Phi) is 4.37. The minimum Gasteiger partial charge on any atom is -0.335 e. The molecule has 1 aromatic heterocycles. The summed E-state index contributed by atoms with van der Waals surface area (Å²) in [5.74, 6) is -0.799. The molecule has 1 aliphatic heterocycles. The highest BCUT2D eigenvalue weighted by atomic mass is 35.5. The zero-order valence-electron chi connectivity index (χ0n) is 11.1. The van der Waals surface area contributed by atoms with Gasteiger partial charge in [-0.1, -0.05) is 11.6 Å². The zero-order valence-corrected chi connectivity index (χ0v) is 11.8. The molecule has 1 aliphatic rings. The summed E-state index contributed by atoms with van der Waals surface area (Å²) in [6, 6.07) is 1.22. The SMILES string of the molecule is CC1CN(C)CCCN1C(=O)c1cc(F)cnc1Cl. The summed E-state index contributed by atoms with van der Waals surface area (Å²) in [6.45, 7) is 4.38. The summed E-state index contributed by atoms with van der Waals surface area (Å²) in [5, 5.41) is 0.0520. The van der Waals surface area contributed by atoms with Crippen LogP contribution in [0.25, 0.3) is 0 Å². The standard InChI is InChI=1S/C13H17ClFN3O/c1-9-8-17(2)4-3-5-18(9)13(19)11-6-10(15)7-16-12(11)14/h6-7,9H,3-5,8H2,1-2H3. The number of rotatable bonds is 1. The smallest absolute Gasteiger partial charge is 0.257 e. The molecule has 0 aromatic carbocycles. The molecule has 104 valence electrons. The Morgan fingerprint density at radius 1 is 1.53 bits per heavy atom. The monoisotopic (exact) mass is 285 g/mol. The maximum Gasteiger partial charge on any atom is 0.257 e. The molecule has 1 fully saturated rings. The molecular weight excluding hydrogens is 269 g/mol. The second kappa shape index (κ2) is 5.84. The fourth-order valence-corrected chi connectivity index (χ4v) is 2.59. The lowest BCUT2D eigenvalue weighted by Crippen LogP contribution is -2.42. The third-order valence-corrected chi connectivity index (χ3v) is 3.64. The average Bonchev–Trinajstić information content (AvgIpc) is 2.52. The second-order valence-corrected chi connectivity index (χ2v) is 5.31. The number of likely N-dealkylation sites (N-methyl/N-ethyl adjacent to an activating group) is 1. The topological polar surface area (TPSA) is 36.4 Å². The van der Waals surface area contributed by atoms with Gasteiger partial charge in [-0.3, -0.25) is 4.79 Å². The molecule has 0 radical (unpaired) electrons. The van der Waals surface area contributed by atoms with Crippen molar-refractivity contribution in [1.29, 1.82) is 0 Å². The van der Waals surface area contributed by atoms with E-state index in [9.17, 15) is 9.18 Å². The number of halogens is 2. The van der Waals surface area contributed by atoms with Gasteiger partial charge in [0.25, 0.3) is 5.91 Å².